The van der Waals surface area contributed by atoms with Crippen molar-refractivity contribution in [3.63, 3.8) is 0 Å². The van der Waals surface area contributed by atoms with Crippen LogP contribution >= 0.6 is 24.0 Å². The summed E-state index contributed by atoms with van der Waals surface area (Å²) in [4.78, 5) is 13.8. The summed E-state index contributed by atoms with van der Waals surface area (Å²) in [5.74, 6) is -1.02. The number of allylic oxidation sites excluding steroid dienone is 2. The Kier molecular flexibility index (Phi) is 5.74. The molecule has 1 fully saturated rings. The maximum Gasteiger partial charge on any atom is 0.266 e. The first-order chi connectivity index (χ1) is 10.8. The van der Waals surface area contributed by atoms with Gasteiger partial charge in [-0.25, -0.2) is 8.42 Å². The van der Waals surface area contributed by atoms with E-state index in [0.717, 1.165) is 27.8 Å². The molecule has 2 rings (SSSR count). The lowest BCUT2D eigenvalue weighted by molar-refractivity contribution is -0.122. The van der Waals surface area contributed by atoms with Crippen molar-refractivity contribution in [1.82, 2.24) is 4.90 Å². The Morgan fingerprint density at radius 1 is 1.35 bits per heavy atom. The molecule has 122 valence electrons. The molecule has 0 aliphatic carbocycles. The maximum absolute atomic E-state index is 12.2. The third-order valence-corrected chi connectivity index (χ3v) is 5.05. The molecule has 0 N–H and O–H groups in total. The summed E-state index contributed by atoms with van der Waals surface area (Å²) in [6.45, 7) is 1.65. The lowest BCUT2D eigenvalue weighted by Crippen LogP contribution is -2.32. The predicted molar refractivity (Wildman–Crippen MR) is 94.6 cm³/mol. The molecule has 0 saturated carbocycles. The number of hydrogen-bond donors (Lipinski definition) is 0. The molecule has 0 spiro atoms. The largest absolute Gasteiger partial charge is 0.748 e. The molecule has 0 aromatic heterocycles. The zero-order valence-electron chi connectivity index (χ0n) is 12.3. The van der Waals surface area contributed by atoms with Gasteiger partial charge in [-0.05, 0) is 24.1 Å². The molecular weight excluding hydrogens is 354 g/mol. The van der Waals surface area contributed by atoms with Gasteiger partial charge in [0.05, 0.1) is 20.8 Å². The number of carbonyl (C=O) groups excluding carboxylic acids is 1. The fraction of sp³-hybridized carbons (Fsp3) is 0.200. The topological polar surface area (TPSA) is 77.5 Å². The number of thiocarbonyl (C=S) groups is 1. The van der Waals surface area contributed by atoms with Crippen molar-refractivity contribution in [1.29, 1.82) is 0 Å². The standard InChI is InChI=1S/C15H15NO4S3/c1-11(9-12-5-3-2-4-6-12)10-13-14(17)16(15(21)22-13)7-8-23(18,19)20/h2-6,9-10H,7-8H2,1H3,(H,18,19,20)/p-1/b11-9+,13-10-. The number of amides is 1. The first-order valence-corrected chi connectivity index (χ1v) is 9.49. The van der Waals surface area contributed by atoms with Crippen LogP contribution in [-0.2, 0) is 14.9 Å². The van der Waals surface area contributed by atoms with Gasteiger partial charge >= 0.3 is 0 Å². The number of benzene rings is 1. The first kappa shape index (κ1) is 17.9. The van der Waals surface area contributed by atoms with Crippen molar-refractivity contribution < 1.29 is 17.8 Å². The second-order valence-electron chi connectivity index (χ2n) is 4.89. The van der Waals surface area contributed by atoms with Crippen molar-refractivity contribution in [2.45, 2.75) is 6.92 Å². The Labute approximate surface area is 144 Å². The minimum atomic E-state index is -4.38. The fourth-order valence-corrected chi connectivity index (χ4v) is 3.72. The lowest BCUT2D eigenvalue weighted by Gasteiger charge is -2.15. The zero-order chi connectivity index (χ0) is 17.0. The van der Waals surface area contributed by atoms with E-state index in [-0.39, 0.29) is 16.8 Å². The molecular formula is C15H14NO4S3-. The molecule has 1 aromatic carbocycles. The molecule has 23 heavy (non-hydrogen) atoms. The van der Waals surface area contributed by atoms with E-state index < -0.39 is 15.9 Å². The Morgan fingerprint density at radius 3 is 2.61 bits per heavy atom. The Hall–Kier alpha value is -1.48. The van der Waals surface area contributed by atoms with Gasteiger partial charge < -0.3 is 4.55 Å². The van der Waals surface area contributed by atoms with Crippen LogP contribution in [0.15, 0.2) is 46.9 Å². The van der Waals surface area contributed by atoms with Crippen LogP contribution in [0.25, 0.3) is 6.08 Å². The second-order valence-corrected chi connectivity index (χ2v) is 8.09. The van der Waals surface area contributed by atoms with E-state index in [4.69, 9.17) is 12.2 Å². The van der Waals surface area contributed by atoms with Crippen molar-refractivity contribution in [2.75, 3.05) is 12.3 Å². The molecule has 0 radical (unpaired) electrons. The van der Waals surface area contributed by atoms with Crippen molar-refractivity contribution in [3.8, 4) is 0 Å². The van der Waals surface area contributed by atoms with Crippen LogP contribution in [0.1, 0.15) is 12.5 Å². The van der Waals surface area contributed by atoms with E-state index >= 15 is 0 Å². The summed E-state index contributed by atoms with van der Waals surface area (Å²) in [7, 11) is -4.38. The Morgan fingerprint density at radius 2 is 2.00 bits per heavy atom. The number of nitrogens with zero attached hydrogens (tertiary/aromatic N) is 1. The summed E-state index contributed by atoms with van der Waals surface area (Å²) in [6, 6.07) is 9.65. The van der Waals surface area contributed by atoms with Crippen LogP contribution in [0.5, 0.6) is 0 Å². The van der Waals surface area contributed by atoms with Gasteiger partial charge in [-0.15, -0.1) is 0 Å². The Balaban J connectivity index is 2.13. The van der Waals surface area contributed by atoms with Crippen molar-refractivity contribution in [2.24, 2.45) is 0 Å². The maximum atomic E-state index is 12.2. The van der Waals surface area contributed by atoms with E-state index in [1.54, 1.807) is 6.08 Å². The molecule has 1 aliphatic heterocycles. The van der Waals surface area contributed by atoms with Crippen LogP contribution in [0.3, 0.4) is 0 Å². The van der Waals surface area contributed by atoms with Crippen LogP contribution in [0.4, 0.5) is 0 Å². The van der Waals surface area contributed by atoms with Gasteiger partial charge in [-0.1, -0.05) is 60.4 Å². The molecule has 0 bridgehead atoms. The highest BCUT2D eigenvalue weighted by Gasteiger charge is 2.31. The van der Waals surface area contributed by atoms with E-state index in [0.29, 0.717) is 4.91 Å². The highest BCUT2D eigenvalue weighted by atomic mass is 32.2. The summed E-state index contributed by atoms with van der Waals surface area (Å²) < 4.78 is 32.4. The number of hydrogen-bond acceptors (Lipinski definition) is 6. The molecule has 8 heteroatoms. The van der Waals surface area contributed by atoms with Gasteiger partial charge in [0.1, 0.15) is 4.32 Å². The molecule has 0 atom stereocenters. The molecule has 1 saturated heterocycles. The van der Waals surface area contributed by atoms with Crippen LogP contribution in [0.2, 0.25) is 0 Å². The Bertz CT molecular complexity index is 782. The van der Waals surface area contributed by atoms with Crippen LogP contribution in [-0.4, -0.2) is 40.4 Å². The quantitative estimate of drug-likeness (QED) is 0.451. The van der Waals surface area contributed by atoms with E-state index in [1.807, 2.05) is 43.3 Å². The number of thioether (sulfide) groups is 1. The molecule has 0 unspecified atom stereocenters. The SMILES string of the molecule is CC(/C=C1\SC(=S)N(CCS(=O)(=O)[O-])C1=O)=C\c1ccccc1. The monoisotopic (exact) mass is 368 g/mol. The molecule has 1 aromatic rings. The molecule has 1 amide bonds. The fourth-order valence-electron chi connectivity index (χ4n) is 1.96. The smallest absolute Gasteiger partial charge is 0.266 e. The average Bonchev–Trinajstić information content (AvgIpc) is 2.71. The third kappa shape index (κ3) is 5.28. The second kappa shape index (κ2) is 7.39. The van der Waals surface area contributed by atoms with E-state index in [2.05, 4.69) is 0 Å². The lowest BCUT2D eigenvalue weighted by atomic mass is 10.1. The minimum Gasteiger partial charge on any atom is -0.748 e. The van der Waals surface area contributed by atoms with Gasteiger partial charge in [0.2, 0.25) is 0 Å². The van der Waals surface area contributed by atoms with Crippen molar-refractivity contribution in [3.05, 3.63) is 52.4 Å². The van der Waals surface area contributed by atoms with E-state index in [9.17, 15) is 17.8 Å². The minimum absolute atomic E-state index is 0.213. The van der Waals surface area contributed by atoms with Gasteiger partial charge in [0.25, 0.3) is 5.91 Å². The molecule has 1 aliphatic rings. The zero-order valence-corrected chi connectivity index (χ0v) is 14.7. The normalized spacial score (nSPS) is 18.1. The van der Waals surface area contributed by atoms with Gasteiger partial charge in [-0.3, -0.25) is 9.69 Å². The van der Waals surface area contributed by atoms with Crippen LogP contribution in [0, 0.1) is 0 Å². The van der Waals surface area contributed by atoms with Crippen LogP contribution < -0.4 is 0 Å². The summed E-state index contributed by atoms with van der Waals surface area (Å²) in [6.07, 6.45) is 3.63. The van der Waals surface area contributed by atoms with Gasteiger partial charge in [-0.2, -0.15) is 0 Å². The third-order valence-electron chi connectivity index (χ3n) is 2.99. The highest BCUT2D eigenvalue weighted by Crippen LogP contribution is 2.31. The highest BCUT2D eigenvalue weighted by molar-refractivity contribution is 8.26. The van der Waals surface area contributed by atoms with Gasteiger partial charge in [0, 0.05) is 6.54 Å². The van der Waals surface area contributed by atoms with E-state index in [1.165, 1.54) is 0 Å². The molecule has 1 heterocycles. The van der Waals surface area contributed by atoms with Crippen molar-refractivity contribution >= 4 is 50.4 Å². The molecule has 5 nitrogen and oxygen atoms in total. The first-order valence-electron chi connectivity index (χ1n) is 6.68. The number of carbonyl (C=O) groups is 1. The average molecular weight is 368 g/mol. The summed E-state index contributed by atoms with van der Waals surface area (Å²) in [5, 5.41) is 0. The number of rotatable bonds is 5. The summed E-state index contributed by atoms with van der Waals surface area (Å²) in [5.41, 5.74) is 1.88. The van der Waals surface area contributed by atoms with Gasteiger partial charge in [0.15, 0.2) is 0 Å². The summed E-state index contributed by atoms with van der Waals surface area (Å²) >= 11 is 6.18. The predicted octanol–water partition coefficient (Wildman–Crippen LogP) is 2.38.